The Kier molecular flexibility index (Phi) is 5.83. The molecule has 0 unspecified atom stereocenters. The zero-order valence-corrected chi connectivity index (χ0v) is 15.2. The Morgan fingerprint density at radius 3 is 2.76 bits per heavy atom. The SMILES string of the molecule is CNCCCNC(=O)c1ccsc1NC(=O)c1ccc2c(c1)CCC2. The molecule has 6 heteroatoms. The van der Waals surface area contributed by atoms with Crippen molar-refractivity contribution in [3.05, 3.63) is 51.9 Å². The van der Waals surface area contributed by atoms with Gasteiger partial charge in [-0.25, -0.2) is 0 Å². The molecule has 1 aliphatic rings. The number of aryl methyl sites for hydroxylation is 2. The van der Waals surface area contributed by atoms with Gasteiger partial charge in [-0.15, -0.1) is 11.3 Å². The van der Waals surface area contributed by atoms with Crippen LogP contribution in [0.3, 0.4) is 0 Å². The number of benzene rings is 1. The molecule has 2 aromatic rings. The van der Waals surface area contributed by atoms with Crippen LogP contribution in [0.25, 0.3) is 0 Å². The van der Waals surface area contributed by atoms with Gasteiger partial charge in [0.1, 0.15) is 5.00 Å². The lowest BCUT2D eigenvalue weighted by Crippen LogP contribution is -2.27. The summed E-state index contributed by atoms with van der Waals surface area (Å²) in [7, 11) is 1.88. The van der Waals surface area contributed by atoms with Crippen molar-refractivity contribution < 1.29 is 9.59 Å². The van der Waals surface area contributed by atoms with Crippen LogP contribution >= 0.6 is 11.3 Å². The Bertz CT molecular complexity index is 770. The van der Waals surface area contributed by atoms with Gasteiger partial charge < -0.3 is 16.0 Å². The van der Waals surface area contributed by atoms with Crippen LogP contribution in [-0.2, 0) is 12.8 Å². The van der Waals surface area contributed by atoms with Gasteiger partial charge in [0.25, 0.3) is 11.8 Å². The summed E-state index contributed by atoms with van der Waals surface area (Å²) in [6.07, 6.45) is 4.15. The van der Waals surface area contributed by atoms with Crippen molar-refractivity contribution in [2.24, 2.45) is 0 Å². The van der Waals surface area contributed by atoms with E-state index in [0.717, 1.165) is 32.2 Å². The van der Waals surface area contributed by atoms with Crippen molar-refractivity contribution in [2.45, 2.75) is 25.7 Å². The maximum absolute atomic E-state index is 12.5. The monoisotopic (exact) mass is 357 g/mol. The molecule has 1 aromatic heterocycles. The minimum absolute atomic E-state index is 0.151. The van der Waals surface area contributed by atoms with Gasteiger partial charge in [0, 0.05) is 12.1 Å². The van der Waals surface area contributed by atoms with E-state index in [-0.39, 0.29) is 11.8 Å². The predicted molar refractivity (Wildman–Crippen MR) is 102 cm³/mol. The molecule has 0 aliphatic heterocycles. The molecular formula is C19H23N3O2S. The first kappa shape index (κ1) is 17.6. The van der Waals surface area contributed by atoms with Gasteiger partial charge in [0.15, 0.2) is 0 Å². The second-order valence-corrected chi connectivity index (χ2v) is 7.08. The number of rotatable bonds is 7. The van der Waals surface area contributed by atoms with Crippen LogP contribution in [-0.4, -0.2) is 32.0 Å². The lowest BCUT2D eigenvalue weighted by Gasteiger charge is -2.09. The third-order valence-electron chi connectivity index (χ3n) is 4.39. The molecule has 0 fully saturated rings. The van der Waals surface area contributed by atoms with E-state index < -0.39 is 0 Å². The van der Waals surface area contributed by atoms with E-state index in [9.17, 15) is 9.59 Å². The van der Waals surface area contributed by atoms with Gasteiger partial charge in [-0.1, -0.05) is 6.07 Å². The van der Waals surface area contributed by atoms with Crippen molar-refractivity contribution >= 4 is 28.2 Å². The number of fused-ring (bicyclic) bond motifs is 1. The summed E-state index contributed by atoms with van der Waals surface area (Å²) in [6.45, 7) is 1.46. The normalized spacial score (nSPS) is 12.7. The molecule has 0 bridgehead atoms. The van der Waals surface area contributed by atoms with Gasteiger partial charge in [0.05, 0.1) is 5.56 Å². The number of amides is 2. The van der Waals surface area contributed by atoms with Crippen LogP contribution in [0.15, 0.2) is 29.6 Å². The summed E-state index contributed by atoms with van der Waals surface area (Å²) in [6, 6.07) is 7.63. The number of thiophene rings is 1. The number of hydrogen-bond donors (Lipinski definition) is 3. The molecule has 25 heavy (non-hydrogen) atoms. The van der Waals surface area contributed by atoms with Gasteiger partial charge >= 0.3 is 0 Å². The fourth-order valence-electron chi connectivity index (χ4n) is 3.04. The first-order valence-corrected chi connectivity index (χ1v) is 9.50. The maximum Gasteiger partial charge on any atom is 0.256 e. The van der Waals surface area contributed by atoms with E-state index in [4.69, 9.17) is 0 Å². The number of hydrogen-bond acceptors (Lipinski definition) is 4. The van der Waals surface area contributed by atoms with E-state index in [1.165, 1.54) is 22.5 Å². The lowest BCUT2D eigenvalue weighted by atomic mass is 10.1. The minimum atomic E-state index is -0.165. The van der Waals surface area contributed by atoms with E-state index in [2.05, 4.69) is 16.0 Å². The van der Waals surface area contributed by atoms with Crippen molar-refractivity contribution in [1.29, 1.82) is 0 Å². The highest BCUT2D eigenvalue weighted by Gasteiger charge is 2.17. The lowest BCUT2D eigenvalue weighted by molar-refractivity contribution is 0.0954. The highest BCUT2D eigenvalue weighted by molar-refractivity contribution is 7.14. The third kappa shape index (κ3) is 4.27. The van der Waals surface area contributed by atoms with Crippen LogP contribution < -0.4 is 16.0 Å². The third-order valence-corrected chi connectivity index (χ3v) is 5.22. The summed E-state index contributed by atoms with van der Waals surface area (Å²) in [5.41, 5.74) is 3.77. The second-order valence-electron chi connectivity index (χ2n) is 6.17. The van der Waals surface area contributed by atoms with E-state index in [1.54, 1.807) is 6.07 Å². The molecule has 0 spiro atoms. The fraction of sp³-hybridized carbons (Fsp3) is 0.368. The summed E-state index contributed by atoms with van der Waals surface area (Å²) in [5.74, 6) is -0.317. The zero-order valence-electron chi connectivity index (χ0n) is 14.4. The quantitative estimate of drug-likeness (QED) is 0.668. The highest BCUT2D eigenvalue weighted by atomic mass is 32.1. The fourth-order valence-corrected chi connectivity index (χ4v) is 3.82. The summed E-state index contributed by atoms with van der Waals surface area (Å²) in [5, 5.41) is 11.2. The standard InChI is InChI=1S/C19H23N3O2S/c1-20-9-3-10-21-18(24)16-8-11-25-19(16)22-17(23)15-7-6-13-4-2-5-14(13)12-15/h6-8,11-12,20H,2-5,9-10H2,1H3,(H,21,24)(H,22,23). The van der Waals surface area contributed by atoms with E-state index in [1.807, 2.05) is 30.6 Å². The largest absolute Gasteiger partial charge is 0.352 e. The van der Waals surface area contributed by atoms with Crippen molar-refractivity contribution in [3.8, 4) is 0 Å². The highest BCUT2D eigenvalue weighted by Crippen LogP contribution is 2.26. The van der Waals surface area contributed by atoms with Gasteiger partial charge in [0.2, 0.25) is 0 Å². The molecule has 3 N–H and O–H groups in total. The first-order chi connectivity index (χ1) is 12.2. The molecule has 1 heterocycles. The topological polar surface area (TPSA) is 70.2 Å². The van der Waals surface area contributed by atoms with Crippen LogP contribution in [0.1, 0.15) is 44.7 Å². The number of nitrogens with one attached hydrogen (secondary N) is 3. The summed E-state index contributed by atoms with van der Waals surface area (Å²) < 4.78 is 0. The molecule has 5 nitrogen and oxygen atoms in total. The Labute approximate surface area is 151 Å². The molecule has 132 valence electrons. The second kappa shape index (κ2) is 8.27. The van der Waals surface area contributed by atoms with Gasteiger partial charge in [-0.3, -0.25) is 9.59 Å². The minimum Gasteiger partial charge on any atom is -0.352 e. The molecule has 0 saturated heterocycles. The average Bonchev–Trinajstić information content (AvgIpc) is 3.26. The van der Waals surface area contributed by atoms with Crippen LogP contribution in [0.2, 0.25) is 0 Å². The van der Waals surface area contributed by atoms with Crippen LogP contribution in [0.5, 0.6) is 0 Å². The predicted octanol–water partition coefficient (Wildman–Crippen LogP) is 2.83. The maximum atomic E-state index is 12.5. The smallest absolute Gasteiger partial charge is 0.256 e. The molecule has 0 radical (unpaired) electrons. The molecule has 0 saturated carbocycles. The molecule has 3 rings (SSSR count). The number of carbonyl (C=O) groups is 2. The van der Waals surface area contributed by atoms with Gasteiger partial charge in [-0.2, -0.15) is 0 Å². The van der Waals surface area contributed by atoms with Crippen LogP contribution in [0.4, 0.5) is 5.00 Å². The summed E-state index contributed by atoms with van der Waals surface area (Å²) >= 11 is 1.36. The van der Waals surface area contributed by atoms with E-state index >= 15 is 0 Å². The zero-order chi connectivity index (χ0) is 17.6. The Morgan fingerprint density at radius 2 is 1.92 bits per heavy atom. The molecule has 1 aliphatic carbocycles. The van der Waals surface area contributed by atoms with Crippen molar-refractivity contribution in [3.63, 3.8) is 0 Å². The number of anilines is 1. The molecule has 2 amide bonds. The average molecular weight is 357 g/mol. The Hall–Kier alpha value is -2.18. The first-order valence-electron chi connectivity index (χ1n) is 8.62. The Morgan fingerprint density at radius 1 is 1.08 bits per heavy atom. The van der Waals surface area contributed by atoms with Crippen LogP contribution in [0, 0.1) is 0 Å². The van der Waals surface area contributed by atoms with E-state index in [0.29, 0.717) is 22.7 Å². The molecule has 0 atom stereocenters. The van der Waals surface area contributed by atoms with Crippen molar-refractivity contribution in [2.75, 3.05) is 25.5 Å². The molecule has 1 aromatic carbocycles. The van der Waals surface area contributed by atoms with Gasteiger partial charge in [-0.05, 0) is 74.0 Å². The Balaban J connectivity index is 1.64. The van der Waals surface area contributed by atoms with Crippen molar-refractivity contribution in [1.82, 2.24) is 10.6 Å². The number of carbonyl (C=O) groups excluding carboxylic acids is 2. The summed E-state index contributed by atoms with van der Waals surface area (Å²) in [4.78, 5) is 24.8. The molecular weight excluding hydrogens is 334 g/mol.